The van der Waals surface area contributed by atoms with Crippen LogP contribution in [0.5, 0.6) is 11.6 Å². The lowest BCUT2D eigenvalue weighted by molar-refractivity contribution is -0.274. The normalized spacial score (nSPS) is 22.5. The van der Waals surface area contributed by atoms with Crippen molar-refractivity contribution in [3.63, 3.8) is 0 Å². The van der Waals surface area contributed by atoms with E-state index in [0.29, 0.717) is 42.0 Å². The number of likely N-dealkylation sites (tertiary alicyclic amines) is 1. The van der Waals surface area contributed by atoms with E-state index in [9.17, 15) is 18.0 Å². The van der Waals surface area contributed by atoms with Crippen LogP contribution in [0, 0.1) is 17.8 Å². The Morgan fingerprint density at radius 3 is 2.62 bits per heavy atom. The van der Waals surface area contributed by atoms with Crippen molar-refractivity contribution in [1.82, 2.24) is 15.0 Å². The minimum absolute atomic E-state index is 0.0687. The van der Waals surface area contributed by atoms with Gasteiger partial charge in [-0.25, -0.2) is 4.79 Å². The molecule has 1 aromatic carbocycles. The molecular formula is C22H26F3N3O4. The lowest BCUT2D eigenvalue weighted by Gasteiger charge is -2.24. The quantitative estimate of drug-likeness (QED) is 0.593. The van der Waals surface area contributed by atoms with E-state index in [-0.39, 0.29) is 18.2 Å². The molecule has 10 heteroatoms. The van der Waals surface area contributed by atoms with Crippen molar-refractivity contribution in [2.24, 2.45) is 17.8 Å². The lowest BCUT2D eigenvalue weighted by Crippen LogP contribution is -2.36. The summed E-state index contributed by atoms with van der Waals surface area (Å²) in [6, 6.07) is 7.19. The fraction of sp³-hybridized carbons (Fsp3) is 0.545. The molecule has 1 amide bonds. The van der Waals surface area contributed by atoms with Crippen LogP contribution in [-0.4, -0.2) is 53.6 Å². The molecule has 1 aliphatic carbocycles. The number of nitrogens with zero attached hydrogens (tertiary/aromatic N) is 3. The number of carbonyl (C=O) groups excluding carboxylic acids is 1. The molecule has 4 rings (SSSR count). The summed E-state index contributed by atoms with van der Waals surface area (Å²) in [6.07, 6.45) is -4.78. The number of amides is 1. The summed E-state index contributed by atoms with van der Waals surface area (Å²) in [7, 11) is 0. The van der Waals surface area contributed by atoms with Gasteiger partial charge in [-0.15, -0.1) is 13.2 Å². The average Bonchev–Trinajstić information content (AvgIpc) is 3.10. The predicted molar refractivity (Wildman–Crippen MR) is 108 cm³/mol. The first kappa shape index (κ1) is 22.4. The highest BCUT2D eigenvalue weighted by molar-refractivity contribution is 5.70. The van der Waals surface area contributed by atoms with Gasteiger partial charge in [-0.2, -0.15) is 0 Å². The summed E-state index contributed by atoms with van der Waals surface area (Å²) < 4.78 is 52.2. The van der Waals surface area contributed by atoms with E-state index in [2.05, 4.69) is 21.7 Å². The summed E-state index contributed by atoms with van der Waals surface area (Å²) in [5, 5.41) is 3.75. The second kappa shape index (κ2) is 9.01. The van der Waals surface area contributed by atoms with Gasteiger partial charge < -0.3 is 23.8 Å². The fourth-order valence-corrected chi connectivity index (χ4v) is 4.45. The van der Waals surface area contributed by atoms with Gasteiger partial charge in [-0.1, -0.05) is 26.0 Å². The Labute approximate surface area is 184 Å². The molecule has 2 aromatic rings. The maximum absolute atomic E-state index is 12.9. The van der Waals surface area contributed by atoms with Crippen molar-refractivity contribution in [1.29, 1.82) is 0 Å². The van der Waals surface area contributed by atoms with E-state index in [4.69, 9.17) is 9.26 Å². The minimum atomic E-state index is -4.78. The SMILES string of the molecule is CCc1cc(OC(=O)N(Cc2cccc(OC(F)(F)F)c2)CC2C3CN(CC)CC32)no1. The molecule has 1 aromatic heterocycles. The van der Waals surface area contributed by atoms with Crippen LogP contribution in [0.1, 0.15) is 25.2 Å². The second-order valence-corrected chi connectivity index (χ2v) is 8.27. The first-order valence-electron chi connectivity index (χ1n) is 10.7. The number of alkyl halides is 3. The van der Waals surface area contributed by atoms with Crippen LogP contribution in [0.2, 0.25) is 0 Å². The van der Waals surface area contributed by atoms with E-state index >= 15 is 0 Å². The van der Waals surface area contributed by atoms with E-state index in [1.54, 1.807) is 12.1 Å². The number of aromatic nitrogens is 1. The number of fused-ring (bicyclic) bond motifs is 1. The number of ether oxygens (including phenoxy) is 2. The van der Waals surface area contributed by atoms with E-state index in [1.165, 1.54) is 23.1 Å². The molecule has 32 heavy (non-hydrogen) atoms. The van der Waals surface area contributed by atoms with E-state index in [0.717, 1.165) is 19.6 Å². The third kappa shape index (κ3) is 5.35. The molecule has 2 heterocycles. The van der Waals surface area contributed by atoms with Crippen molar-refractivity contribution in [2.45, 2.75) is 33.2 Å². The number of hydrogen-bond acceptors (Lipinski definition) is 6. The van der Waals surface area contributed by atoms with Crippen LogP contribution in [0.25, 0.3) is 0 Å². The maximum Gasteiger partial charge on any atom is 0.573 e. The van der Waals surface area contributed by atoms with Gasteiger partial charge in [-0.3, -0.25) is 0 Å². The number of rotatable bonds is 8. The first-order chi connectivity index (χ1) is 15.3. The smallest absolute Gasteiger partial charge is 0.406 e. The van der Waals surface area contributed by atoms with Gasteiger partial charge in [-0.05, 0) is 47.2 Å². The third-order valence-corrected chi connectivity index (χ3v) is 6.17. The maximum atomic E-state index is 12.9. The molecule has 0 N–H and O–H groups in total. The van der Waals surface area contributed by atoms with Gasteiger partial charge in [0.25, 0.3) is 5.88 Å². The Bertz CT molecular complexity index is 936. The van der Waals surface area contributed by atoms with Gasteiger partial charge in [0.15, 0.2) is 0 Å². The second-order valence-electron chi connectivity index (χ2n) is 8.27. The number of halogens is 3. The molecule has 1 saturated heterocycles. The molecule has 174 valence electrons. The van der Waals surface area contributed by atoms with Crippen LogP contribution in [0.15, 0.2) is 34.9 Å². The van der Waals surface area contributed by atoms with Gasteiger partial charge in [0.2, 0.25) is 0 Å². The number of aryl methyl sites for hydroxylation is 1. The average molecular weight is 453 g/mol. The Morgan fingerprint density at radius 2 is 2.00 bits per heavy atom. The highest BCUT2D eigenvalue weighted by atomic mass is 19.4. The first-order valence-corrected chi connectivity index (χ1v) is 10.7. The van der Waals surface area contributed by atoms with Crippen molar-refractivity contribution >= 4 is 6.09 Å². The van der Waals surface area contributed by atoms with Crippen molar-refractivity contribution in [3.05, 3.63) is 41.7 Å². The molecule has 2 aliphatic rings. The van der Waals surface area contributed by atoms with Crippen LogP contribution >= 0.6 is 0 Å². The molecule has 1 aliphatic heterocycles. The highest BCUT2D eigenvalue weighted by Gasteiger charge is 2.55. The molecular weight excluding hydrogens is 427 g/mol. The fourth-order valence-electron chi connectivity index (χ4n) is 4.45. The molecule has 7 nitrogen and oxygen atoms in total. The summed E-state index contributed by atoms with van der Waals surface area (Å²) in [4.78, 5) is 16.8. The zero-order valence-electron chi connectivity index (χ0n) is 18.0. The number of carbonyl (C=O) groups is 1. The lowest BCUT2D eigenvalue weighted by atomic mass is 10.2. The molecule has 1 saturated carbocycles. The van der Waals surface area contributed by atoms with Crippen molar-refractivity contribution < 1.29 is 32.0 Å². The monoisotopic (exact) mass is 453 g/mol. The highest BCUT2D eigenvalue weighted by Crippen LogP contribution is 2.52. The van der Waals surface area contributed by atoms with Crippen LogP contribution in [0.4, 0.5) is 18.0 Å². The van der Waals surface area contributed by atoms with Gasteiger partial charge in [0, 0.05) is 38.7 Å². The topological polar surface area (TPSA) is 68.0 Å². The Kier molecular flexibility index (Phi) is 6.32. The zero-order chi connectivity index (χ0) is 22.9. The van der Waals surface area contributed by atoms with E-state index in [1.807, 2.05) is 6.92 Å². The predicted octanol–water partition coefficient (Wildman–Crippen LogP) is 4.33. The number of hydrogen-bond donors (Lipinski definition) is 0. The third-order valence-electron chi connectivity index (χ3n) is 6.17. The Balaban J connectivity index is 1.46. The van der Waals surface area contributed by atoms with Crippen LogP contribution in [0.3, 0.4) is 0 Å². The summed E-state index contributed by atoms with van der Waals surface area (Å²) >= 11 is 0. The molecule has 0 radical (unpaired) electrons. The molecule has 0 spiro atoms. The number of piperidine rings is 1. The molecule has 2 unspecified atom stereocenters. The Hall–Kier alpha value is -2.75. The molecule has 2 fully saturated rings. The minimum Gasteiger partial charge on any atom is -0.406 e. The van der Waals surface area contributed by atoms with Gasteiger partial charge in [0.05, 0.1) is 0 Å². The molecule has 0 bridgehead atoms. The zero-order valence-corrected chi connectivity index (χ0v) is 18.0. The summed E-state index contributed by atoms with van der Waals surface area (Å²) in [5.41, 5.74) is 0.513. The van der Waals surface area contributed by atoms with Gasteiger partial charge in [0.1, 0.15) is 11.5 Å². The van der Waals surface area contributed by atoms with Crippen LogP contribution in [-0.2, 0) is 13.0 Å². The van der Waals surface area contributed by atoms with Crippen molar-refractivity contribution in [2.75, 3.05) is 26.2 Å². The summed E-state index contributed by atoms with van der Waals surface area (Å²) in [6.45, 7) is 7.60. The largest absolute Gasteiger partial charge is 0.573 e. The number of benzene rings is 1. The summed E-state index contributed by atoms with van der Waals surface area (Å²) in [5.74, 6) is 1.75. The van der Waals surface area contributed by atoms with Crippen LogP contribution < -0.4 is 9.47 Å². The molecule has 2 atom stereocenters. The van der Waals surface area contributed by atoms with Crippen molar-refractivity contribution in [3.8, 4) is 11.6 Å². The standard InChI is InChI=1S/C22H26F3N3O4/c1-3-15-9-20(26-32-15)30-21(29)28(13-19-17-11-27(4-2)12-18(17)19)10-14-6-5-7-16(8-14)31-22(23,24)25/h5-9,17-19H,3-4,10-13H2,1-2H3. The van der Waals surface area contributed by atoms with E-state index < -0.39 is 12.5 Å². The Morgan fingerprint density at radius 1 is 1.25 bits per heavy atom. The van der Waals surface area contributed by atoms with Gasteiger partial charge >= 0.3 is 12.5 Å².